The minimum atomic E-state index is -0.302. The van der Waals surface area contributed by atoms with Crippen LogP contribution in [0.15, 0.2) is 72.4 Å². The van der Waals surface area contributed by atoms with Crippen molar-refractivity contribution < 1.29 is 9.59 Å². The number of halogens is 1. The fourth-order valence-corrected chi connectivity index (χ4v) is 4.73. The molecule has 0 aromatic heterocycles. The van der Waals surface area contributed by atoms with Gasteiger partial charge in [0.1, 0.15) is 5.70 Å². The molecule has 160 valence electrons. The molecule has 3 aromatic carbocycles. The quantitative estimate of drug-likeness (QED) is 0.489. The third-order valence-corrected chi connectivity index (χ3v) is 6.64. The maximum Gasteiger partial charge on any atom is 0.282 e. The van der Waals surface area contributed by atoms with Crippen LogP contribution < -0.4 is 9.80 Å². The van der Waals surface area contributed by atoms with Gasteiger partial charge in [0.25, 0.3) is 11.8 Å². The first-order valence-corrected chi connectivity index (χ1v) is 11.2. The number of aryl methyl sites for hydroxylation is 2. The number of para-hydroxylation sites is 1. The van der Waals surface area contributed by atoms with Crippen LogP contribution in [-0.2, 0) is 16.0 Å². The first kappa shape index (κ1) is 20.5. The Hall–Kier alpha value is -3.37. The number of carbonyl (C=O) groups excluding carboxylic acids is 2. The van der Waals surface area contributed by atoms with Gasteiger partial charge in [-0.2, -0.15) is 0 Å². The maximum atomic E-state index is 13.9. The van der Waals surface area contributed by atoms with Gasteiger partial charge in [0.2, 0.25) is 0 Å². The van der Waals surface area contributed by atoms with Crippen molar-refractivity contribution in [2.75, 3.05) is 16.3 Å². The summed E-state index contributed by atoms with van der Waals surface area (Å²) in [5, 5.41) is 0.586. The zero-order valence-corrected chi connectivity index (χ0v) is 18.8. The molecule has 5 heteroatoms. The number of rotatable bonds is 3. The zero-order valence-electron chi connectivity index (χ0n) is 18.1. The molecule has 0 bridgehead atoms. The number of amides is 2. The van der Waals surface area contributed by atoms with Crippen molar-refractivity contribution in [2.45, 2.75) is 26.7 Å². The van der Waals surface area contributed by atoms with Gasteiger partial charge in [-0.05, 0) is 73.2 Å². The Morgan fingerprint density at radius 3 is 2.31 bits per heavy atom. The van der Waals surface area contributed by atoms with Crippen LogP contribution in [0.2, 0.25) is 5.02 Å². The number of hydrogen-bond donors (Lipinski definition) is 0. The molecule has 2 aliphatic rings. The van der Waals surface area contributed by atoms with Crippen LogP contribution in [0.25, 0.3) is 5.57 Å². The van der Waals surface area contributed by atoms with E-state index in [1.54, 1.807) is 12.1 Å². The van der Waals surface area contributed by atoms with Gasteiger partial charge in [-0.1, -0.05) is 54.1 Å². The van der Waals surface area contributed by atoms with Crippen LogP contribution >= 0.6 is 11.6 Å². The first-order chi connectivity index (χ1) is 15.5. The summed E-state index contributed by atoms with van der Waals surface area (Å²) in [6, 6.07) is 20.9. The topological polar surface area (TPSA) is 40.6 Å². The van der Waals surface area contributed by atoms with Crippen molar-refractivity contribution >= 4 is 40.4 Å². The molecule has 0 spiro atoms. The fourth-order valence-electron chi connectivity index (χ4n) is 4.61. The Morgan fingerprint density at radius 1 is 0.812 bits per heavy atom. The highest BCUT2D eigenvalue weighted by Gasteiger charge is 2.44. The molecular formula is C27H23ClN2O2. The van der Waals surface area contributed by atoms with Crippen molar-refractivity contribution in [2.24, 2.45) is 0 Å². The van der Waals surface area contributed by atoms with Gasteiger partial charge in [0.15, 0.2) is 0 Å². The van der Waals surface area contributed by atoms with Gasteiger partial charge in [-0.3, -0.25) is 9.59 Å². The minimum absolute atomic E-state index is 0.287. The van der Waals surface area contributed by atoms with Crippen molar-refractivity contribution in [3.05, 3.63) is 99.7 Å². The SMILES string of the molecule is Cc1cccc(N2C(=O)C(c3ccc(Cl)cc3)=C(N3CCCc4ccccc43)C2=O)c1C. The Morgan fingerprint density at radius 2 is 1.53 bits per heavy atom. The van der Waals surface area contributed by atoms with Crippen LogP contribution in [0.3, 0.4) is 0 Å². The predicted molar refractivity (Wildman–Crippen MR) is 129 cm³/mol. The Bertz CT molecular complexity index is 1280. The van der Waals surface area contributed by atoms with Crippen molar-refractivity contribution in [1.29, 1.82) is 0 Å². The second-order valence-corrected chi connectivity index (χ2v) is 8.72. The summed E-state index contributed by atoms with van der Waals surface area (Å²) < 4.78 is 0. The number of nitrogens with zero attached hydrogens (tertiary/aromatic N) is 2. The molecule has 0 atom stereocenters. The number of carbonyl (C=O) groups is 2. The summed E-state index contributed by atoms with van der Waals surface area (Å²) in [5.74, 6) is -0.588. The second-order valence-electron chi connectivity index (χ2n) is 8.28. The van der Waals surface area contributed by atoms with Gasteiger partial charge >= 0.3 is 0 Å². The van der Waals surface area contributed by atoms with Gasteiger partial charge in [-0.25, -0.2) is 4.90 Å². The lowest BCUT2D eigenvalue weighted by Gasteiger charge is -2.32. The summed E-state index contributed by atoms with van der Waals surface area (Å²) >= 11 is 6.11. The zero-order chi connectivity index (χ0) is 22.4. The minimum Gasteiger partial charge on any atom is -0.336 e. The molecule has 0 N–H and O–H groups in total. The van der Waals surface area contributed by atoms with E-state index in [1.165, 1.54) is 10.5 Å². The van der Waals surface area contributed by atoms with E-state index in [4.69, 9.17) is 11.6 Å². The lowest BCUT2D eigenvalue weighted by atomic mass is 9.98. The van der Waals surface area contributed by atoms with Crippen molar-refractivity contribution in [3.63, 3.8) is 0 Å². The number of fused-ring (bicyclic) bond motifs is 1. The van der Waals surface area contributed by atoms with E-state index in [2.05, 4.69) is 6.07 Å². The Kier molecular flexibility index (Phi) is 5.10. The average molecular weight is 443 g/mol. The van der Waals surface area contributed by atoms with Crippen LogP contribution in [0, 0.1) is 13.8 Å². The average Bonchev–Trinajstić information content (AvgIpc) is 3.06. The molecule has 0 fully saturated rings. The van der Waals surface area contributed by atoms with E-state index >= 15 is 0 Å². The summed E-state index contributed by atoms with van der Waals surface area (Å²) in [4.78, 5) is 31.1. The first-order valence-electron chi connectivity index (χ1n) is 10.8. The molecule has 5 rings (SSSR count). The fraction of sp³-hybridized carbons (Fsp3) is 0.185. The summed E-state index contributed by atoms with van der Waals surface area (Å²) in [6.07, 6.45) is 1.87. The Balaban J connectivity index is 1.72. The molecular weight excluding hydrogens is 420 g/mol. The molecule has 2 aliphatic heterocycles. The number of hydrogen-bond acceptors (Lipinski definition) is 3. The number of imide groups is 1. The molecule has 0 unspecified atom stereocenters. The van der Waals surface area contributed by atoms with Gasteiger partial charge in [0, 0.05) is 17.3 Å². The largest absolute Gasteiger partial charge is 0.336 e. The number of anilines is 2. The summed E-state index contributed by atoms with van der Waals surface area (Å²) in [7, 11) is 0. The van der Waals surface area contributed by atoms with E-state index in [0.717, 1.165) is 29.7 Å². The van der Waals surface area contributed by atoms with E-state index in [-0.39, 0.29) is 11.8 Å². The smallest absolute Gasteiger partial charge is 0.282 e. The number of benzene rings is 3. The molecule has 0 aliphatic carbocycles. The highest BCUT2D eigenvalue weighted by atomic mass is 35.5. The third kappa shape index (κ3) is 3.23. The molecule has 3 aromatic rings. The highest BCUT2D eigenvalue weighted by Crippen LogP contribution is 2.40. The van der Waals surface area contributed by atoms with Crippen molar-refractivity contribution in [1.82, 2.24) is 0 Å². The summed E-state index contributed by atoms with van der Waals surface area (Å²) in [6.45, 7) is 4.61. The lowest BCUT2D eigenvalue weighted by molar-refractivity contribution is -0.120. The van der Waals surface area contributed by atoms with Crippen LogP contribution in [-0.4, -0.2) is 18.4 Å². The Labute approximate surface area is 192 Å². The lowest BCUT2D eigenvalue weighted by Crippen LogP contribution is -2.37. The normalized spacial score (nSPS) is 16.1. The third-order valence-electron chi connectivity index (χ3n) is 6.39. The van der Waals surface area contributed by atoms with Crippen molar-refractivity contribution in [3.8, 4) is 0 Å². The van der Waals surface area contributed by atoms with E-state index in [0.29, 0.717) is 34.1 Å². The predicted octanol–water partition coefficient (Wildman–Crippen LogP) is 5.69. The van der Waals surface area contributed by atoms with E-state index in [9.17, 15) is 9.59 Å². The van der Waals surface area contributed by atoms with E-state index < -0.39 is 0 Å². The molecule has 0 saturated carbocycles. The monoisotopic (exact) mass is 442 g/mol. The molecule has 32 heavy (non-hydrogen) atoms. The molecule has 2 heterocycles. The summed E-state index contributed by atoms with van der Waals surface area (Å²) in [5.41, 5.74) is 6.31. The highest BCUT2D eigenvalue weighted by molar-refractivity contribution is 6.46. The molecule has 0 saturated heterocycles. The molecule has 0 radical (unpaired) electrons. The van der Waals surface area contributed by atoms with Gasteiger partial charge in [0.05, 0.1) is 11.3 Å². The second kappa shape index (κ2) is 7.95. The standard InChI is InChI=1S/C27H23ClN2O2/c1-17-7-5-11-22(18(17)2)30-26(31)24(20-12-14-21(28)15-13-20)25(27(30)32)29-16-6-9-19-8-3-4-10-23(19)29/h3-5,7-8,10-15H,6,9,16H2,1-2H3. The van der Waals surface area contributed by atoms with E-state index in [1.807, 2.05) is 67.3 Å². The van der Waals surface area contributed by atoms with Crippen LogP contribution in [0.1, 0.15) is 28.7 Å². The molecule has 2 amide bonds. The van der Waals surface area contributed by atoms with Crippen LogP contribution in [0.4, 0.5) is 11.4 Å². The van der Waals surface area contributed by atoms with Crippen LogP contribution in [0.5, 0.6) is 0 Å². The van der Waals surface area contributed by atoms with Gasteiger partial charge in [-0.15, -0.1) is 0 Å². The maximum absolute atomic E-state index is 13.9. The molecule has 4 nitrogen and oxygen atoms in total. The van der Waals surface area contributed by atoms with Gasteiger partial charge < -0.3 is 4.90 Å².